The zero-order valence-electron chi connectivity index (χ0n) is 15.0. The van der Waals surface area contributed by atoms with Crippen LogP contribution in [0.15, 0.2) is 12.1 Å². The normalized spacial score (nSPS) is 10.0. The van der Waals surface area contributed by atoms with Gasteiger partial charge in [0, 0.05) is 26.6 Å². The first-order chi connectivity index (χ1) is 11.4. The van der Waals surface area contributed by atoms with Gasteiger partial charge in [0.05, 0.1) is 21.3 Å². The van der Waals surface area contributed by atoms with E-state index in [4.69, 9.17) is 21.7 Å². The van der Waals surface area contributed by atoms with Crippen molar-refractivity contribution in [3.05, 3.63) is 23.3 Å². The van der Waals surface area contributed by atoms with Gasteiger partial charge in [-0.15, -0.1) is 0 Å². The van der Waals surface area contributed by atoms with Crippen molar-refractivity contribution in [3.8, 4) is 11.5 Å². The summed E-state index contributed by atoms with van der Waals surface area (Å²) >= 11 is 5.38. The molecule has 0 radical (unpaired) electrons. The number of nitrogens with one attached hydrogen (secondary N) is 1. The average molecular weight is 354 g/mol. The maximum Gasteiger partial charge on any atom is 0.305 e. The summed E-state index contributed by atoms with van der Waals surface area (Å²) in [7, 11) is 6.55. The molecule has 0 aliphatic heterocycles. The Kier molecular flexibility index (Phi) is 8.32. The van der Waals surface area contributed by atoms with Gasteiger partial charge < -0.3 is 24.4 Å². The molecule has 24 heavy (non-hydrogen) atoms. The number of methoxy groups -OCH3 is 3. The van der Waals surface area contributed by atoms with Gasteiger partial charge in [-0.2, -0.15) is 0 Å². The summed E-state index contributed by atoms with van der Waals surface area (Å²) in [5, 5.41) is 3.78. The lowest BCUT2D eigenvalue weighted by Gasteiger charge is -2.23. The molecular formula is C17H26N2O4S. The molecule has 0 saturated heterocycles. The molecule has 7 heteroatoms. The predicted molar refractivity (Wildman–Crippen MR) is 97.6 cm³/mol. The minimum absolute atomic E-state index is 0.211. The van der Waals surface area contributed by atoms with E-state index in [1.54, 1.807) is 14.2 Å². The minimum Gasteiger partial charge on any atom is -0.493 e. The van der Waals surface area contributed by atoms with Gasteiger partial charge >= 0.3 is 5.97 Å². The zero-order chi connectivity index (χ0) is 18.1. The fourth-order valence-corrected chi connectivity index (χ4v) is 2.35. The fraction of sp³-hybridized carbons (Fsp3) is 0.529. The number of nitrogens with zero attached hydrogens (tertiary/aromatic N) is 1. The first-order valence-electron chi connectivity index (χ1n) is 7.70. The van der Waals surface area contributed by atoms with Gasteiger partial charge in [-0.05, 0) is 48.8 Å². The molecule has 0 spiro atoms. The van der Waals surface area contributed by atoms with Crippen molar-refractivity contribution in [1.82, 2.24) is 10.2 Å². The standard InChI is InChI=1S/C17H26N2O4S/c1-12-9-14(21-3)15(22-4)10-13(12)11-19(2)17(24)18-8-6-7-16(20)23-5/h9-10H,6-8,11H2,1-5H3,(H,18,24). The van der Waals surface area contributed by atoms with Crippen molar-refractivity contribution in [3.63, 3.8) is 0 Å². The molecule has 0 aromatic heterocycles. The summed E-state index contributed by atoms with van der Waals surface area (Å²) in [4.78, 5) is 13.0. The smallest absolute Gasteiger partial charge is 0.305 e. The largest absolute Gasteiger partial charge is 0.493 e. The van der Waals surface area contributed by atoms with Crippen LogP contribution in [0.3, 0.4) is 0 Å². The fourth-order valence-electron chi connectivity index (χ4n) is 2.19. The first kappa shape index (κ1) is 20.0. The quantitative estimate of drug-likeness (QED) is 0.436. The van der Waals surface area contributed by atoms with Crippen LogP contribution in [0.1, 0.15) is 24.0 Å². The summed E-state index contributed by atoms with van der Waals surface area (Å²) < 4.78 is 15.3. The van der Waals surface area contributed by atoms with E-state index in [0.29, 0.717) is 42.5 Å². The monoisotopic (exact) mass is 354 g/mol. The Labute approximate surface area is 149 Å². The van der Waals surface area contributed by atoms with Gasteiger partial charge in [0.1, 0.15) is 0 Å². The van der Waals surface area contributed by atoms with E-state index in [1.807, 2.05) is 31.0 Å². The number of carbonyl (C=O) groups excluding carboxylic acids is 1. The van der Waals surface area contributed by atoms with Gasteiger partial charge in [-0.25, -0.2) is 0 Å². The predicted octanol–water partition coefficient (Wildman–Crippen LogP) is 2.27. The highest BCUT2D eigenvalue weighted by Gasteiger charge is 2.12. The van der Waals surface area contributed by atoms with Crippen LogP contribution in [0, 0.1) is 6.92 Å². The lowest BCUT2D eigenvalue weighted by atomic mass is 10.1. The lowest BCUT2D eigenvalue weighted by molar-refractivity contribution is -0.140. The van der Waals surface area contributed by atoms with Crippen LogP contribution in [0.25, 0.3) is 0 Å². The molecule has 0 atom stereocenters. The summed E-state index contributed by atoms with van der Waals surface area (Å²) in [6, 6.07) is 3.92. The van der Waals surface area contributed by atoms with Crippen molar-refractivity contribution in [2.24, 2.45) is 0 Å². The van der Waals surface area contributed by atoms with Crippen LogP contribution >= 0.6 is 12.2 Å². The van der Waals surface area contributed by atoms with Crippen molar-refractivity contribution >= 4 is 23.3 Å². The average Bonchev–Trinajstić information content (AvgIpc) is 2.59. The van der Waals surface area contributed by atoms with Gasteiger partial charge in [0.25, 0.3) is 0 Å². The van der Waals surface area contributed by atoms with E-state index in [-0.39, 0.29) is 5.97 Å². The van der Waals surface area contributed by atoms with Crippen LogP contribution in [0.2, 0.25) is 0 Å². The second-order valence-corrected chi connectivity index (χ2v) is 5.79. The number of rotatable bonds is 8. The molecule has 134 valence electrons. The molecule has 1 aromatic rings. The minimum atomic E-state index is -0.211. The molecule has 0 saturated carbocycles. The topological polar surface area (TPSA) is 60.0 Å². The molecule has 1 N–H and O–H groups in total. The molecule has 0 bridgehead atoms. The summed E-state index contributed by atoms with van der Waals surface area (Å²) in [6.45, 7) is 3.30. The van der Waals surface area contributed by atoms with E-state index >= 15 is 0 Å². The lowest BCUT2D eigenvalue weighted by Crippen LogP contribution is -2.37. The number of esters is 1. The van der Waals surface area contributed by atoms with Crippen molar-refractivity contribution in [1.29, 1.82) is 0 Å². The van der Waals surface area contributed by atoms with Crippen LogP contribution in [0.5, 0.6) is 11.5 Å². The number of aryl methyl sites for hydroxylation is 1. The number of carbonyl (C=O) groups is 1. The van der Waals surface area contributed by atoms with Crippen molar-refractivity contribution in [2.45, 2.75) is 26.3 Å². The second-order valence-electron chi connectivity index (χ2n) is 5.40. The summed E-state index contributed by atoms with van der Waals surface area (Å²) in [6.07, 6.45) is 1.06. The van der Waals surface area contributed by atoms with Crippen molar-refractivity contribution < 1.29 is 19.0 Å². The molecule has 6 nitrogen and oxygen atoms in total. The Balaban J connectivity index is 2.59. The van der Waals surface area contributed by atoms with Crippen LogP contribution < -0.4 is 14.8 Å². The third kappa shape index (κ3) is 5.88. The number of hydrogen-bond acceptors (Lipinski definition) is 5. The number of ether oxygens (including phenoxy) is 3. The highest BCUT2D eigenvalue weighted by atomic mass is 32.1. The van der Waals surface area contributed by atoms with Gasteiger partial charge in [-0.3, -0.25) is 4.79 Å². The Morgan fingerprint density at radius 3 is 2.42 bits per heavy atom. The molecule has 0 aliphatic rings. The highest BCUT2D eigenvalue weighted by Crippen LogP contribution is 2.30. The Bertz CT molecular complexity index is 578. The maximum atomic E-state index is 11.1. The van der Waals surface area contributed by atoms with E-state index in [9.17, 15) is 4.79 Å². The van der Waals surface area contributed by atoms with Gasteiger partial charge in [0.2, 0.25) is 0 Å². The molecular weight excluding hydrogens is 328 g/mol. The zero-order valence-corrected chi connectivity index (χ0v) is 15.8. The van der Waals surface area contributed by atoms with Gasteiger partial charge in [-0.1, -0.05) is 0 Å². The highest BCUT2D eigenvalue weighted by molar-refractivity contribution is 7.80. The number of thiocarbonyl (C=S) groups is 1. The van der Waals surface area contributed by atoms with E-state index in [2.05, 4.69) is 10.1 Å². The van der Waals surface area contributed by atoms with Crippen LogP contribution in [-0.4, -0.2) is 50.9 Å². The summed E-state index contributed by atoms with van der Waals surface area (Å²) in [5.74, 6) is 1.20. The molecule has 0 heterocycles. The molecule has 1 rings (SSSR count). The van der Waals surface area contributed by atoms with Gasteiger partial charge in [0.15, 0.2) is 16.6 Å². The summed E-state index contributed by atoms with van der Waals surface area (Å²) in [5.41, 5.74) is 2.21. The Hall–Kier alpha value is -2.02. The molecule has 0 fully saturated rings. The third-order valence-electron chi connectivity index (χ3n) is 3.66. The Morgan fingerprint density at radius 2 is 1.83 bits per heavy atom. The van der Waals surface area contributed by atoms with E-state index in [1.165, 1.54) is 7.11 Å². The van der Waals surface area contributed by atoms with E-state index < -0.39 is 0 Å². The van der Waals surface area contributed by atoms with E-state index in [0.717, 1.165) is 11.1 Å². The first-order valence-corrected chi connectivity index (χ1v) is 8.11. The maximum absolute atomic E-state index is 11.1. The van der Waals surface area contributed by atoms with Crippen LogP contribution in [-0.2, 0) is 16.1 Å². The SMILES string of the molecule is COC(=O)CCCNC(=S)N(C)Cc1cc(OC)c(OC)cc1C. The molecule has 0 unspecified atom stereocenters. The molecule has 0 amide bonds. The number of hydrogen-bond donors (Lipinski definition) is 1. The molecule has 0 aliphatic carbocycles. The Morgan fingerprint density at radius 1 is 1.21 bits per heavy atom. The van der Waals surface area contributed by atoms with Crippen molar-refractivity contribution in [2.75, 3.05) is 34.9 Å². The number of benzene rings is 1. The third-order valence-corrected chi connectivity index (χ3v) is 4.11. The molecule has 1 aromatic carbocycles. The second kappa shape index (κ2) is 9.97. The van der Waals surface area contributed by atoms with Crippen LogP contribution in [0.4, 0.5) is 0 Å².